The number of pyridine rings is 1. The monoisotopic (exact) mass is 920 g/mol. The lowest BCUT2D eigenvalue weighted by Crippen LogP contribution is -2.70. The zero-order chi connectivity index (χ0) is 46.1. The summed E-state index contributed by atoms with van der Waals surface area (Å²) in [6, 6.07) is 3.83. The van der Waals surface area contributed by atoms with Crippen LogP contribution in [0.1, 0.15) is 117 Å². The first-order valence-corrected chi connectivity index (χ1v) is 25.4. The fourth-order valence-electron chi connectivity index (χ4n) is 9.88. The molecule has 3 N–H and O–H groups in total. The van der Waals surface area contributed by atoms with Crippen LogP contribution in [0.4, 0.5) is 4.79 Å². The SMILES string of the molecule is CCc1nc2ccc(OCCN3CCOCC3)cc2c2c1O[C@]1(CC2)C[C@H]2C(=O)N[C@]3(C(=O)NS(=O)(=O)C4(C)CC4)CC[C@H]3/C=C\CCCCC[C@H](NC(=O)O[C@@H](C)C(C)C)C(=O)N2C1. The Morgan fingerprint density at radius 2 is 1.83 bits per heavy atom. The van der Waals surface area contributed by atoms with Crippen LogP contribution in [-0.4, -0.2) is 127 Å². The van der Waals surface area contributed by atoms with Crippen molar-refractivity contribution in [2.75, 3.05) is 46.0 Å². The van der Waals surface area contributed by atoms with Crippen LogP contribution in [0.5, 0.6) is 11.5 Å². The van der Waals surface area contributed by atoms with Crippen LogP contribution in [0.2, 0.25) is 0 Å². The molecule has 2 saturated heterocycles. The van der Waals surface area contributed by atoms with Crippen LogP contribution in [-0.2, 0) is 46.7 Å². The van der Waals surface area contributed by atoms with E-state index in [0.717, 1.165) is 73.6 Å². The van der Waals surface area contributed by atoms with Crippen molar-refractivity contribution in [1.82, 2.24) is 30.1 Å². The van der Waals surface area contributed by atoms with Crippen molar-refractivity contribution in [1.29, 1.82) is 0 Å². The number of sulfonamides is 1. The number of rotatable bonds is 11. The van der Waals surface area contributed by atoms with Crippen LogP contribution in [0.15, 0.2) is 30.4 Å². The van der Waals surface area contributed by atoms with Crippen LogP contribution in [0.3, 0.4) is 0 Å². The van der Waals surface area contributed by atoms with E-state index in [1.807, 2.05) is 51.1 Å². The van der Waals surface area contributed by atoms with E-state index in [0.29, 0.717) is 70.1 Å². The molecule has 356 valence electrons. The first-order valence-electron chi connectivity index (χ1n) is 24.0. The number of aromatic nitrogens is 1. The first kappa shape index (κ1) is 47.0. The summed E-state index contributed by atoms with van der Waals surface area (Å²) < 4.78 is 52.7. The molecule has 2 aromatic rings. The molecule has 0 unspecified atom stereocenters. The maximum absolute atomic E-state index is 15.1. The second kappa shape index (κ2) is 19.0. The number of nitrogens with zero attached hydrogens (tertiary/aromatic N) is 3. The molecule has 4 aliphatic heterocycles. The van der Waals surface area contributed by atoms with E-state index < -0.39 is 73.8 Å². The molecule has 4 amide bonds. The summed E-state index contributed by atoms with van der Waals surface area (Å²) in [6.45, 7) is 13.9. The molecule has 2 aliphatic carbocycles. The van der Waals surface area contributed by atoms with Crippen LogP contribution >= 0.6 is 0 Å². The third-order valence-corrected chi connectivity index (χ3v) is 17.1. The summed E-state index contributed by atoms with van der Waals surface area (Å²) in [5.74, 6) is -0.837. The fourth-order valence-corrected chi connectivity index (χ4v) is 11.2. The molecule has 0 radical (unpaired) electrons. The zero-order valence-corrected chi connectivity index (χ0v) is 39.6. The number of amides is 4. The molecule has 6 aliphatic rings. The minimum Gasteiger partial charge on any atom is -0.492 e. The van der Waals surface area contributed by atoms with E-state index in [1.165, 1.54) is 4.90 Å². The van der Waals surface area contributed by atoms with Gasteiger partial charge in [-0.1, -0.05) is 45.8 Å². The largest absolute Gasteiger partial charge is 0.492 e. The van der Waals surface area contributed by atoms with Crippen molar-refractivity contribution in [2.45, 2.75) is 152 Å². The standard InChI is InChI=1S/C48H68N6O10S/c1-6-37-41-35(36-28-34(14-15-38(36)49-37)62-27-24-53-22-25-61-26-23-53)17-18-47(64-41)29-40-42(55)51-48(44(57)52-65(59,60)46(5)20-21-46)19-16-33(48)12-10-8-7-9-11-13-39(43(56)54(40)30-47)50-45(58)63-32(4)31(2)3/h10,12,14-15,28,31-33,39-40H,6-9,11,13,16-27,29-30H2,1-5H3,(H,50,58)(H,51,55)(H,52,57)/b12-10-/t32-,33+,39-,40-,47+,48+/m0/s1. The molecule has 8 rings (SSSR count). The Labute approximate surface area is 383 Å². The lowest BCUT2D eigenvalue weighted by atomic mass is 9.65. The lowest BCUT2D eigenvalue weighted by Gasteiger charge is -2.48. The maximum Gasteiger partial charge on any atom is 0.408 e. The maximum atomic E-state index is 15.1. The van der Waals surface area contributed by atoms with Gasteiger partial charge in [0.1, 0.15) is 47.4 Å². The van der Waals surface area contributed by atoms with E-state index in [1.54, 1.807) is 13.8 Å². The molecular weight excluding hydrogens is 853 g/mol. The highest BCUT2D eigenvalue weighted by Crippen LogP contribution is 2.47. The molecule has 0 bridgehead atoms. The zero-order valence-electron chi connectivity index (χ0n) is 38.7. The quantitative estimate of drug-likeness (QED) is 0.253. The van der Waals surface area contributed by atoms with Crippen molar-refractivity contribution in [3.63, 3.8) is 0 Å². The van der Waals surface area contributed by atoms with Gasteiger partial charge in [0.05, 0.1) is 35.7 Å². The number of hydrogen-bond acceptors (Lipinski definition) is 12. The Bertz CT molecular complexity index is 2280. The van der Waals surface area contributed by atoms with Crippen LogP contribution in [0, 0.1) is 11.8 Å². The fraction of sp³-hybridized carbons (Fsp3) is 0.688. The number of benzene rings is 1. The third kappa shape index (κ3) is 9.83. The van der Waals surface area contributed by atoms with Crippen molar-refractivity contribution in [3.8, 4) is 11.5 Å². The number of morpholine rings is 1. The second-order valence-electron chi connectivity index (χ2n) is 19.8. The first-order chi connectivity index (χ1) is 31.1. The Hall–Kier alpha value is -4.48. The average molecular weight is 921 g/mol. The van der Waals surface area contributed by atoms with E-state index in [-0.39, 0.29) is 25.3 Å². The summed E-state index contributed by atoms with van der Waals surface area (Å²) in [6.07, 6.45) is 9.44. The van der Waals surface area contributed by atoms with Crippen molar-refractivity contribution in [3.05, 3.63) is 41.6 Å². The van der Waals surface area contributed by atoms with Gasteiger partial charge in [-0.25, -0.2) is 18.2 Å². The van der Waals surface area contributed by atoms with Crippen LogP contribution in [0.25, 0.3) is 10.9 Å². The van der Waals surface area contributed by atoms with Crippen molar-refractivity contribution >= 4 is 44.7 Å². The minimum absolute atomic E-state index is 0.0418. The van der Waals surface area contributed by atoms with E-state index in [2.05, 4.69) is 20.3 Å². The number of nitrogens with one attached hydrogen (secondary N) is 3. The summed E-state index contributed by atoms with van der Waals surface area (Å²) >= 11 is 0. The summed E-state index contributed by atoms with van der Waals surface area (Å²) in [5.41, 5.74) is 0.0117. The Kier molecular flexibility index (Phi) is 13.8. The third-order valence-electron chi connectivity index (χ3n) is 15.0. The van der Waals surface area contributed by atoms with E-state index in [9.17, 15) is 18.0 Å². The smallest absolute Gasteiger partial charge is 0.408 e. The summed E-state index contributed by atoms with van der Waals surface area (Å²) in [5, 5.41) is 6.82. The molecular formula is C48H68N6O10S. The summed E-state index contributed by atoms with van der Waals surface area (Å²) in [7, 11) is -4.02. The molecule has 65 heavy (non-hydrogen) atoms. The van der Waals surface area contributed by atoms with E-state index >= 15 is 9.59 Å². The topological polar surface area (TPSA) is 195 Å². The van der Waals surface area contributed by atoms with Gasteiger partial charge >= 0.3 is 6.09 Å². The predicted octanol–water partition coefficient (Wildman–Crippen LogP) is 5.10. The van der Waals surface area contributed by atoms with Gasteiger partial charge in [-0.05, 0) is 102 Å². The molecule has 1 aromatic heterocycles. The Balaban J connectivity index is 1.11. The van der Waals surface area contributed by atoms with Crippen molar-refractivity contribution in [2.24, 2.45) is 11.8 Å². The normalized spacial score (nSPS) is 29.1. The minimum atomic E-state index is -4.02. The second-order valence-corrected chi connectivity index (χ2v) is 22.0. The Morgan fingerprint density at radius 3 is 2.54 bits per heavy atom. The van der Waals surface area contributed by atoms with Gasteiger partial charge in [0.25, 0.3) is 5.91 Å². The average Bonchev–Trinajstić information content (AvgIpc) is 3.94. The number of allylic oxidation sites excluding steroid dienone is 1. The van der Waals surface area contributed by atoms with Gasteiger partial charge in [-0.15, -0.1) is 0 Å². The summed E-state index contributed by atoms with van der Waals surface area (Å²) in [4.78, 5) is 66.6. The van der Waals surface area contributed by atoms with Gasteiger partial charge in [-0.2, -0.15) is 0 Å². The number of ether oxygens (including phenoxy) is 4. The molecule has 1 spiro atoms. The number of alkyl carbamates (subject to hydrolysis) is 1. The van der Waals surface area contributed by atoms with Gasteiger partial charge in [0, 0.05) is 42.9 Å². The van der Waals surface area contributed by atoms with Gasteiger partial charge in [0.2, 0.25) is 21.8 Å². The van der Waals surface area contributed by atoms with Crippen molar-refractivity contribution < 1.29 is 46.5 Å². The molecule has 4 fully saturated rings. The molecule has 16 nitrogen and oxygen atoms in total. The highest BCUT2D eigenvalue weighted by atomic mass is 32.2. The highest BCUT2D eigenvalue weighted by molar-refractivity contribution is 7.91. The predicted molar refractivity (Wildman–Crippen MR) is 244 cm³/mol. The molecule has 5 heterocycles. The molecule has 6 atom stereocenters. The number of fused-ring (bicyclic) bond motifs is 5. The molecule has 17 heteroatoms. The van der Waals surface area contributed by atoms with E-state index in [4.69, 9.17) is 23.9 Å². The molecule has 2 saturated carbocycles. The molecule has 1 aromatic carbocycles. The van der Waals surface area contributed by atoms with Gasteiger partial charge in [-0.3, -0.25) is 24.0 Å². The number of carbonyl (C=O) groups excluding carboxylic acids is 4. The Morgan fingerprint density at radius 1 is 1.05 bits per heavy atom. The number of hydrogen-bond donors (Lipinski definition) is 3. The van der Waals surface area contributed by atoms with Gasteiger partial charge < -0.3 is 34.5 Å². The number of aryl methyl sites for hydroxylation is 2. The van der Waals surface area contributed by atoms with Gasteiger partial charge in [0.15, 0.2) is 0 Å². The number of carbonyl (C=O) groups is 4. The van der Waals surface area contributed by atoms with Crippen LogP contribution < -0.4 is 24.8 Å². The highest BCUT2D eigenvalue weighted by Gasteiger charge is 2.59. The lowest BCUT2D eigenvalue weighted by molar-refractivity contribution is -0.144.